The van der Waals surface area contributed by atoms with Crippen molar-refractivity contribution in [2.45, 2.75) is 37.9 Å². The lowest BCUT2D eigenvalue weighted by Gasteiger charge is -2.15. The largest absolute Gasteiger partial charge is 0.463 e. The molecule has 1 aromatic heterocycles. The van der Waals surface area contributed by atoms with Gasteiger partial charge < -0.3 is 14.5 Å². The summed E-state index contributed by atoms with van der Waals surface area (Å²) >= 11 is 0. The van der Waals surface area contributed by atoms with Crippen LogP contribution in [0.3, 0.4) is 0 Å². The predicted octanol–water partition coefficient (Wildman–Crippen LogP) is 1.39. The number of hydrogen-bond donors (Lipinski definition) is 1. The first kappa shape index (κ1) is 12.7. The van der Waals surface area contributed by atoms with E-state index in [1.54, 1.807) is 6.07 Å². The van der Waals surface area contributed by atoms with Crippen LogP contribution in [0.2, 0.25) is 0 Å². The summed E-state index contributed by atoms with van der Waals surface area (Å²) in [6, 6.07) is 4.87. The Balaban J connectivity index is 1.47. The molecule has 1 saturated heterocycles. The summed E-state index contributed by atoms with van der Waals surface area (Å²) in [5.41, 5.74) is 0. The lowest BCUT2D eigenvalue weighted by molar-refractivity contribution is 0.0563. The minimum Gasteiger partial charge on any atom is -0.463 e. The Hall–Kier alpha value is -1.33. The van der Waals surface area contributed by atoms with Crippen molar-refractivity contribution >= 4 is 5.97 Å². The highest BCUT2D eigenvalue weighted by atomic mass is 16.5. The van der Waals surface area contributed by atoms with Gasteiger partial charge >= 0.3 is 5.97 Å². The SMILES string of the molecule is COC(=O)c1ccc(CNC2CCN(C3CC3)C2)o1. The van der Waals surface area contributed by atoms with Crippen LogP contribution in [0.1, 0.15) is 35.6 Å². The van der Waals surface area contributed by atoms with Crippen molar-refractivity contribution in [1.82, 2.24) is 10.2 Å². The van der Waals surface area contributed by atoms with Gasteiger partial charge in [-0.15, -0.1) is 0 Å². The van der Waals surface area contributed by atoms with Gasteiger partial charge in [-0.25, -0.2) is 4.79 Å². The number of carbonyl (C=O) groups is 1. The Kier molecular flexibility index (Phi) is 3.57. The summed E-state index contributed by atoms with van der Waals surface area (Å²) in [6.45, 7) is 3.00. The van der Waals surface area contributed by atoms with E-state index in [4.69, 9.17) is 4.42 Å². The molecule has 1 unspecified atom stereocenters. The third-order valence-electron chi connectivity index (χ3n) is 3.90. The Morgan fingerprint density at radius 2 is 2.32 bits per heavy atom. The molecule has 1 N–H and O–H groups in total. The summed E-state index contributed by atoms with van der Waals surface area (Å²) in [5, 5.41) is 3.49. The number of likely N-dealkylation sites (tertiary alicyclic amines) is 1. The molecule has 0 radical (unpaired) electrons. The summed E-state index contributed by atoms with van der Waals surface area (Å²) in [4.78, 5) is 13.8. The normalized spacial score (nSPS) is 23.7. The molecule has 1 saturated carbocycles. The summed E-state index contributed by atoms with van der Waals surface area (Å²) in [6.07, 6.45) is 3.93. The van der Waals surface area contributed by atoms with E-state index in [0.29, 0.717) is 12.6 Å². The van der Waals surface area contributed by atoms with Crippen molar-refractivity contribution in [2.24, 2.45) is 0 Å². The van der Waals surface area contributed by atoms with Crippen LogP contribution in [0.5, 0.6) is 0 Å². The quantitative estimate of drug-likeness (QED) is 0.815. The van der Waals surface area contributed by atoms with E-state index in [-0.39, 0.29) is 5.76 Å². The molecule has 2 fully saturated rings. The molecule has 1 aliphatic heterocycles. The van der Waals surface area contributed by atoms with Crippen LogP contribution in [0.15, 0.2) is 16.5 Å². The first-order valence-electron chi connectivity index (χ1n) is 6.90. The standard InChI is InChI=1S/C14H20N2O3/c1-18-14(17)13-5-4-12(19-13)8-15-10-6-7-16(9-10)11-2-3-11/h4-5,10-11,15H,2-3,6-9H2,1H3. The molecule has 0 bridgehead atoms. The molecule has 19 heavy (non-hydrogen) atoms. The van der Waals surface area contributed by atoms with Crippen molar-refractivity contribution in [3.63, 3.8) is 0 Å². The van der Waals surface area contributed by atoms with E-state index in [1.807, 2.05) is 6.07 Å². The molecule has 0 spiro atoms. The maximum Gasteiger partial charge on any atom is 0.373 e. The van der Waals surface area contributed by atoms with Gasteiger partial charge in [0.1, 0.15) is 5.76 Å². The van der Waals surface area contributed by atoms with Gasteiger partial charge in [0.15, 0.2) is 0 Å². The predicted molar refractivity (Wildman–Crippen MR) is 69.9 cm³/mol. The van der Waals surface area contributed by atoms with Gasteiger partial charge in [0.25, 0.3) is 0 Å². The van der Waals surface area contributed by atoms with Gasteiger partial charge in [-0.2, -0.15) is 0 Å². The van der Waals surface area contributed by atoms with Crippen LogP contribution < -0.4 is 5.32 Å². The molecule has 1 aromatic rings. The fraction of sp³-hybridized carbons (Fsp3) is 0.643. The van der Waals surface area contributed by atoms with Crippen LogP contribution >= 0.6 is 0 Å². The minimum atomic E-state index is -0.424. The van der Waals surface area contributed by atoms with E-state index in [2.05, 4.69) is 15.0 Å². The van der Waals surface area contributed by atoms with Crippen LogP contribution in [0, 0.1) is 0 Å². The second-order valence-electron chi connectivity index (χ2n) is 5.35. The van der Waals surface area contributed by atoms with E-state index in [1.165, 1.54) is 32.9 Å². The van der Waals surface area contributed by atoms with E-state index >= 15 is 0 Å². The first-order chi connectivity index (χ1) is 9.26. The Bertz CT molecular complexity index is 453. The number of carbonyl (C=O) groups excluding carboxylic acids is 1. The van der Waals surface area contributed by atoms with Crippen molar-refractivity contribution in [2.75, 3.05) is 20.2 Å². The molecule has 1 atom stereocenters. The number of hydrogen-bond acceptors (Lipinski definition) is 5. The molecule has 2 heterocycles. The van der Waals surface area contributed by atoms with Gasteiger partial charge in [-0.1, -0.05) is 0 Å². The lowest BCUT2D eigenvalue weighted by atomic mass is 10.2. The van der Waals surface area contributed by atoms with Gasteiger partial charge in [0.05, 0.1) is 13.7 Å². The van der Waals surface area contributed by atoms with Crippen molar-refractivity contribution in [3.8, 4) is 0 Å². The van der Waals surface area contributed by atoms with Crippen LogP contribution in [-0.4, -0.2) is 43.2 Å². The van der Waals surface area contributed by atoms with Gasteiger partial charge in [-0.05, 0) is 31.4 Å². The van der Waals surface area contributed by atoms with Crippen molar-refractivity contribution < 1.29 is 13.9 Å². The summed E-state index contributed by atoms with van der Waals surface area (Å²) < 4.78 is 10.0. The molecular weight excluding hydrogens is 244 g/mol. The second-order valence-corrected chi connectivity index (χ2v) is 5.35. The number of nitrogens with zero attached hydrogens (tertiary/aromatic N) is 1. The number of nitrogens with one attached hydrogen (secondary N) is 1. The fourth-order valence-electron chi connectivity index (χ4n) is 2.65. The van der Waals surface area contributed by atoms with Crippen LogP contribution in [0.4, 0.5) is 0 Å². The molecule has 0 aromatic carbocycles. The lowest BCUT2D eigenvalue weighted by Crippen LogP contribution is -2.32. The molecule has 0 amide bonds. The van der Waals surface area contributed by atoms with Crippen molar-refractivity contribution in [3.05, 3.63) is 23.7 Å². The topological polar surface area (TPSA) is 54.7 Å². The first-order valence-corrected chi connectivity index (χ1v) is 6.90. The number of rotatable bonds is 5. The zero-order chi connectivity index (χ0) is 13.2. The highest BCUT2D eigenvalue weighted by molar-refractivity contribution is 5.86. The van der Waals surface area contributed by atoms with E-state index < -0.39 is 5.97 Å². The third kappa shape index (κ3) is 2.98. The summed E-state index contributed by atoms with van der Waals surface area (Å²) in [7, 11) is 1.35. The van der Waals surface area contributed by atoms with Crippen LogP contribution in [-0.2, 0) is 11.3 Å². The molecule has 5 nitrogen and oxygen atoms in total. The number of furan rings is 1. The Morgan fingerprint density at radius 3 is 3.05 bits per heavy atom. The average Bonchev–Trinajstić information content (AvgIpc) is 3.00. The Labute approximate surface area is 112 Å². The van der Waals surface area contributed by atoms with Gasteiger partial charge in [0.2, 0.25) is 5.76 Å². The number of esters is 1. The maximum atomic E-state index is 11.3. The van der Waals surface area contributed by atoms with Crippen LogP contribution in [0.25, 0.3) is 0 Å². The summed E-state index contributed by atoms with van der Waals surface area (Å²) in [5.74, 6) is 0.627. The zero-order valence-electron chi connectivity index (χ0n) is 11.2. The molecule has 2 aliphatic rings. The minimum absolute atomic E-state index is 0.269. The number of ether oxygens (including phenoxy) is 1. The highest BCUT2D eigenvalue weighted by Crippen LogP contribution is 2.29. The Morgan fingerprint density at radius 1 is 1.47 bits per heavy atom. The molecule has 5 heteroatoms. The monoisotopic (exact) mass is 264 g/mol. The number of methoxy groups -OCH3 is 1. The van der Waals surface area contributed by atoms with Gasteiger partial charge in [0, 0.05) is 25.2 Å². The van der Waals surface area contributed by atoms with E-state index in [9.17, 15) is 4.79 Å². The zero-order valence-corrected chi connectivity index (χ0v) is 11.2. The molecular formula is C14H20N2O3. The van der Waals surface area contributed by atoms with E-state index in [0.717, 1.165) is 18.3 Å². The van der Waals surface area contributed by atoms with Crippen molar-refractivity contribution in [1.29, 1.82) is 0 Å². The average molecular weight is 264 g/mol. The fourth-order valence-corrected chi connectivity index (χ4v) is 2.65. The smallest absolute Gasteiger partial charge is 0.373 e. The van der Waals surface area contributed by atoms with Gasteiger partial charge in [-0.3, -0.25) is 4.90 Å². The molecule has 1 aliphatic carbocycles. The third-order valence-corrected chi connectivity index (χ3v) is 3.90. The second kappa shape index (κ2) is 5.35. The maximum absolute atomic E-state index is 11.3. The molecule has 104 valence electrons. The molecule has 3 rings (SSSR count). The highest BCUT2D eigenvalue weighted by Gasteiger charge is 2.34.